The summed E-state index contributed by atoms with van der Waals surface area (Å²) < 4.78 is 7.63. The van der Waals surface area contributed by atoms with E-state index in [1.165, 1.54) is 0 Å². The normalized spacial score (nSPS) is 17.2. The number of benzene rings is 1. The highest BCUT2D eigenvalue weighted by Crippen LogP contribution is 2.25. The van der Waals surface area contributed by atoms with Crippen LogP contribution in [0.15, 0.2) is 24.3 Å². The predicted octanol–water partition coefficient (Wildman–Crippen LogP) is 1.25. The number of nitrogens with zero attached hydrogens (tertiary/aromatic N) is 5. The van der Waals surface area contributed by atoms with Gasteiger partial charge in [-0.3, -0.25) is 4.79 Å². The van der Waals surface area contributed by atoms with Crippen molar-refractivity contribution < 1.29 is 9.53 Å². The summed E-state index contributed by atoms with van der Waals surface area (Å²) in [6, 6.07) is 7.89. The molecule has 1 atom stereocenters. The number of carbonyl (C=O) groups is 1. The van der Waals surface area contributed by atoms with Crippen molar-refractivity contribution in [2.24, 2.45) is 0 Å². The largest absolute Gasteiger partial charge is 0.491 e. The molecule has 1 aromatic heterocycles. The van der Waals surface area contributed by atoms with Gasteiger partial charge in [0.1, 0.15) is 30.5 Å². The van der Waals surface area contributed by atoms with Gasteiger partial charge in [-0.05, 0) is 34.0 Å². The number of aryl methyl sites for hydroxylation is 2. The van der Waals surface area contributed by atoms with Gasteiger partial charge in [0.25, 0.3) is 0 Å². The Morgan fingerprint density at radius 3 is 2.76 bits per heavy atom. The Labute approximate surface area is 148 Å². The summed E-state index contributed by atoms with van der Waals surface area (Å²) in [7, 11) is 4.01. The molecule has 0 N–H and O–H groups in total. The van der Waals surface area contributed by atoms with Gasteiger partial charge in [-0.1, -0.05) is 18.2 Å². The third-order valence-electron chi connectivity index (χ3n) is 4.33. The number of hydrogen-bond donors (Lipinski definition) is 0. The molecule has 0 saturated carbocycles. The minimum atomic E-state index is -0.0141. The second kappa shape index (κ2) is 7.23. The van der Waals surface area contributed by atoms with E-state index in [1.54, 1.807) is 4.68 Å². The molecule has 25 heavy (non-hydrogen) atoms. The molecule has 134 valence electrons. The minimum Gasteiger partial charge on any atom is -0.491 e. The molecule has 0 aliphatic carbocycles. The molecule has 7 heteroatoms. The second-order valence-corrected chi connectivity index (χ2v) is 6.72. The summed E-state index contributed by atoms with van der Waals surface area (Å²) in [5, 5.41) is 4.32. The summed E-state index contributed by atoms with van der Waals surface area (Å²) in [6.45, 7) is 5.66. The highest BCUT2D eigenvalue weighted by atomic mass is 16.5. The summed E-state index contributed by atoms with van der Waals surface area (Å²) >= 11 is 0. The smallest absolute Gasteiger partial charge is 0.245 e. The highest BCUT2D eigenvalue weighted by molar-refractivity contribution is 5.76. The van der Waals surface area contributed by atoms with Crippen LogP contribution in [0.2, 0.25) is 0 Å². The summed E-state index contributed by atoms with van der Waals surface area (Å²) in [4.78, 5) is 21.3. The molecule has 0 unspecified atom stereocenters. The van der Waals surface area contributed by atoms with Crippen LogP contribution in [0.1, 0.15) is 17.2 Å². The fraction of sp³-hybridized carbons (Fsp3) is 0.500. The van der Waals surface area contributed by atoms with Crippen LogP contribution in [0.25, 0.3) is 0 Å². The molecule has 0 saturated heterocycles. The number of fused-ring (bicyclic) bond motifs is 1. The Morgan fingerprint density at radius 2 is 2.08 bits per heavy atom. The van der Waals surface area contributed by atoms with Gasteiger partial charge in [-0.25, -0.2) is 9.67 Å². The average Bonchev–Trinajstić information content (AvgIpc) is 2.77. The zero-order chi connectivity index (χ0) is 18.0. The fourth-order valence-electron chi connectivity index (χ4n) is 3.16. The van der Waals surface area contributed by atoms with Gasteiger partial charge in [-0.2, -0.15) is 5.10 Å². The third-order valence-corrected chi connectivity index (χ3v) is 4.33. The number of carbonyl (C=O) groups excluding carboxylic acids is 1. The van der Waals surface area contributed by atoms with Gasteiger partial charge in [-0.15, -0.1) is 0 Å². The van der Waals surface area contributed by atoms with Crippen molar-refractivity contribution in [3.63, 3.8) is 0 Å². The topological polar surface area (TPSA) is 63.5 Å². The average molecular weight is 343 g/mol. The number of amides is 1. The maximum Gasteiger partial charge on any atom is 0.245 e. The molecular weight excluding hydrogens is 318 g/mol. The van der Waals surface area contributed by atoms with Crippen molar-refractivity contribution in [1.29, 1.82) is 0 Å². The monoisotopic (exact) mass is 343 g/mol. The van der Waals surface area contributed by atoms with Gasteiger partial charge in [0.2, 0.25) is 5.91 Å². The van der Waals surface area contributed by atoms with Crippen LogP contribution < -0.4 is 4.74 Å². The molecule has 1 amide bonds. The van der Waals surface area contributed by atoms with Crippen molar-refractivity contribution in [2.45, 2.75) is 33.0 Å². The van der Waals surface area contributed by atoms with E-state index >= 15 is 0 Å². The number of likely N-dealkylation sites (N-methyl/N-ethyl adjacent to an activating group) is 1. The molecule has 1 aliphatic heterocycles. The van der Waals surface area contributed by atoms with Crippen molar-refractivity contribution in [2.75, 3.05) is 27.2 Å². The number of ether oxygens (including phenoxy) is 1. The summed E-state index contributed by atoms with van der Waals surface area (Å²) in [5.74, 6) is 2.32. The van der Waals surface area contributed by atoms with Crippen LogP contribution in [0, 0.1) is 13.8 Å². The van der Waals surface area contributed by atoms with Crippen molar-refractivity contribution in [1.82, 2.24) is 24.6 Å². The molecule has 0 spiro atoms. The number of para-hydroxylation sites is 1. The molecule has 2 heterocycles. The summed E-state index contributed by atoms with van der Waals surface area (Å²) in [6.07, 6.45) is 0. The van der Waals surface area contributed by atoms with E-state index in [0.717, 1.165) is 23.7 Å². The first-order chi connectivity index (χ1) is 11.9. The lowest BCUT2D eigenvalue weighted by atomic mass is 10.1. The van der Waals surface area contributed by atoms with E-state index in [0.29, 0.717) is 19.0 Å². The molecule has 0 bridgehead atoms. The van der Waals surface area contributed by atoms with Crippen LogP contribution in [0.5, 0.6) is 5.75 Å². The predicted molar refractivity (Wildman–Crippen MR) is 94.3 cm³/mol. The Balaban J connectivity index is 1.85. The molecule has 0 fully saturated rings. The Kier molecular flexibility index (Phi) is 5.03. The number of aromatic nitrogens is 3. The summed E-state index contributed by atoms with van der Waals surface area (Å²) in [5.41, 5.74) is 1.03. The zero-order valence-corrected chi connectivity index (χ0v) is 15.3. The van der Waals surface area contributed by atoms with Gasteiger partial charge in [0, 0.05) is 18.7 Å². The quantitative estimate of drug-likeness (QED) is 0.836. The van der Waals surface area contributed by atoms with Crippen LogP contribution in [-0.4, -0.2) is 63.8 Å². The molecule has 1 aliphatic rings. The van der Waals surface area contributed by atoms with E-state index in [2.05, 4.69) is 15.0 Å². The van der Waals surface area contributed by atoms with Gasteiger partial charge >= 0.3 is 0 Å². The second-order valence-electron chi connectivity index (χ2n) is 6.72. The molecule has 7 nitrogen and oxygen atoms in total. The molecular formula is C18H25N5O2. The van der Waals surface area contributed by atoms with Crippen LogP contribution >= 0.6 is 0 Å². The molecule has 3 rings (SSSR count). The lowest BCUT2D eigenvalue weighted by Gasteiger charge is -2.31. The van der Waals surface area contributed by atoms with E-state index < -0.39 is 0 Å². The van der Waals surface area contributed by atoms with Crippen LogP contribution in [-0.2, 0) is 17.9 Å². The SMILES string of the molecule is Cc1nc(C)n(CC(=O)N2Cc3ccccc3OC[C@@H]2CN(C)C)n1. The first-order valence-electron chi connectivity index (χ1n) is 8.47. The van der Waals surface area contributed by atoms with E-state index in [-0.39, 0.29) is 18.5 Å². The lowest BCUT2D eigenvalue weighted by Crippen LogP contribution is -2.48. The van der Waals surface area contributed by atoms with Crippen LogP contribution in [0.3, 0.4) is 0 Å². The molecule has 0 radical (unpaired) electrons. The van der Waals surface area contributed by atoms with Gasteiger partial charge in [0.05, 0.1) is 6.04 Å². The first-order valence-corrected chi connectivity index (χ1v) is 8.47. The minimum absolute atomic E-state index is 0.0141. The Morgan fingerprint density at radius 1 is 1.32 bits per heavy atom. The standard InChI is InChI=1S/C18H25N5O2/c1-13-19-14(2)23(20-13)11-18(24)22-9-15-7-5-6-8-17(15)25-12-16(22)10-21(3)4/h5-8,16H,9-12H2,1-4H3/t16-/m0/s1. The van der Waals surface area contributed by atoms with Gasteiger partial charge in [0.15, 0.2) is 0 Å². The lowest BCUT2D eigenvalue weighted by molar-refractivity contribution is -0.135. The van der Waals surface area contributed by atoms with Crippen molar-refractivity contribution >= 4 is 5.91 Å². The maximum absolute atomic E-state index is 13.0. The number of hydrogen-bond acceptors (Lipinski definition) is 5. The van der Waals surface area contributed by atoms with Crippen LogP contribution in [0.4, 0.5) is 0 Å². The highest BCUT2D eigenvalue weighted by Gasteiger charge is 2.29. The maximum atomic E-state index is 13.0. The van der Waals surface area contributed by atoms with E-state index in [4.69, 9.17) is 4.74 Å². The van der Waals surface area contributed by atoms with Crippen molar-refractivity contribution in [3.05, 3.63) is 41.5 Å². The number of rotatable bonds is 4. The van der Waals surface area contributed by atoms with Gasteiger partial charge < -0.3 is 14.5 Å². The van der Waals surface area contributed by atoms with E-state index in [1.807, 2.05) is 57.1 Å². The van der Waals surface area contributed by atoms with E-state index in [9.17, 15) is 4.79 Å². The first kappa shape index (κ1) is 17.4. The molecule has 1 aromatic carbocycles. The zero-order valence-electron chi connectivity index (χ0n) is 15.3. The third kappa shape index (κ3) is 3.99. The Hall–Kier alpha value is -2.41. The molecule has 2 aromatic rings. The fourth-order valence-corrected chi connectivity index (χ4v) is 3.16. The Bertz CT molecular complexity index is 756. The van der Waals surface area contributed by atoms with Crippen molar-refractivity contribution in [3.8, 4) is 5.75 Å².